The van der Waals surface area contributed by atoms with Crippen LogP contribution in [-0.2, 0) is 25.5 Å². The Labute approximate surface area is 279 Å². The largest absolute Gasteiger partial charge is 0.460 e. The summed E-state index contributed by atoms with van der Waals surface area (Å²) in [6, 6.07) is 8.99. The summed E-state index contributed by atoms with van der Waals surface area (Å²) < 4.78 is 39.7. The Hall–Kier alpha value is -1.98. The molecule has 0 saturated heterocycles. The molecule has 2 aliphatic rings. The minimum absolute atomic E-state index is 0.132. The highest BCUT2D eigenvalue weighted by Crippen LogP contribution is 2.35. The molecule has 0 spiro atoms. The minimum Gasteiger partial charge on any atom is -0.460 e. The molecular weight excluding hydrogens is 582 g/mol. The van der Waals surface area contributed by atoms with E-state index in [1.54, 1.807) is 0 Å². The van der Waals surface area contributed by atoms with Gasteiger partial charge >= 0.3 is 11.9 Å². The number of carbonyl (C=O) groups excluding carboxylic acids is 2. The van der Waals surface area contributed by atoms with Crippen LogP contribution in [0.2, 0.25) is 0 Å². The zero-order chi connectivity index (χ0) is 33.0. The fourth-order valence-corrected chi connectivity index (χ4v) is 7.30. The van der Waals surface area contributed by atoms with Crippen molar-refractivity contribution in [2.24, 2.45) is 5.92 Å². The first-order valence-corrected chi connectivity index (χ1v) is 19.2. The number of benzene rings is 1. The molecule has 1 aromatic carbocycles. The Balaban J connectivity index is 1.26. The molecule has 1 aromatic rings. The maximum atomic E-state index is 14.3. The number of carbonyl (C=O) groups is 2. The number of ether oxygens (including phenoxy) is 2. The van der Waals surface area contributed by atoms with Gasteiger partial charge in [0.1, 0.15) is 12.2 Å². The molecule has 0 heterocycles. The lowest BCUT2D eigenvalue weighted by atomic mass is 9.81. The normalized spacial score (nSPS) is 23.0. The number of aryl methyl sites for hydroxylation is 1. The summed E-state index contributed by atoms with van der Waals surface area (Å²) in [6.07, 6.45) is 19.6. The van der Waals surface area contributed by atoms with Crippen LogP contribution in [-0.4, -0.2) is 36.5 Å². The quantitative estimate of drug-likeness (QED) is 0.0929. The summed E-state index contributed by atoms with van der Waals surface area (Å²) >= 11 is 0. The van der Waals surface area contributed by atoms with Gasteiger partial charge in [-0.2, -0.15) is 0 Å². The zero-order valence-corrected chi connectivity index (χ0v) is 29.1. The molecule has 0 amide bonds. The van der Waals surface area contributed by atoms with E-state index in [0.29, 0.717) is 11.8 Å². The average molecular weight is 647 g/mol. The van der Waals surface area contributed by atoms with E-state index in [4.69, 9.17) is 9.47 Å². The van der Waals surface area contributed by atoms with Crippen molar-refractivity contribution in [3.05, 3.63) is 35.4 Å². The highest BCUT2D eigenvalue weighted by atomic mass is 19.1. The monoisotopic (exact) mass is 646 g/mol. The van der Waals surface area contributed by atoms with Gasteiger partial charge in [-0.3, -0.25) is 0 Å². The summed E-state index contributed by atoms with van der Waals surface area (Å²) in [6.45, 7) is 4.36. The Morgan fingerprint density at radius 1 is 0.630 bits per heavy atom. The van der Waals surface area contributed by atoms with Crippen molar-refractivity contribution in [3.8, 4) is 0 Å². The Bertz CT molecular complexity index is 950. The van der Waals surface area contributed by atoms with Gasteiger partial charge in [0.15, 0.2) is 12.3 Å². The first-order chi connectivity index (χ1) is 22.4. The molecule has 0 unspecified atom stereocenters. The van der Waals surface area contributed by atoms with Gasteiger partial charge in [-0.05, 0) is 113 Å². The molecule has 2 saturated carbocycles. The molecule has 4 nitrogen and oxygen atoms in total. The number of esters is 2. The van der Waals surface area contributed by atoms with E-state index in [-0.39, 0.29) is 25.0 Å². The SMILES string of the molecule is CCCCCCCC[C@H](F)C(=O)OC1CCC(CCc2ccc(C3CCC(OC(=O)[C@@H](F)CCCCCCCC)CC3)cc2)CC1. The standard InChI is InChI=1S/C40H64F2O4/c1-3-5-7-9-11-13-15-37(41)39(43)45-35-27-21-32(22-28-35)18-17-31-19-23-33(24-20-31)34-25-29-36(30-26-34)46-40(44)38(42)16-14-12-10-8-6-4-2/h19-20,23-24,32,34-38H,3-18,21-22,25-30H2,1-2H3/t32?,34?,35?,36?,37-,38-/m0/s1. The van der Waals surface area contributed by atoms with Gasteiger partial charge in [0.05, 0.1) is 0 Å². The molecule has 0 aliphatic heterocycles. The van der Waals surface area contributed by atoms with Gasteiger partial charge < -0.3 is 9.47 Å². The molecule has 46 heavy (non-hydrogen) atoms. The topological polar surface area (TPSA) is 52.6 Å². The van der Waals surface area contributed by atoms with E-state index >= 15 is 0 Å². The van der Waals surface area contributed by atoms with Crippen molar-refractivity contribution < 1.29 is 27.8 Å². The number of rotatable bonds is 22. The summed E-state index contributed by atoms with van der Waals surface area (Å²) in [5.74, 6) is -0.241. The van der Waals surface area contributed by atoms with Crippen LogP contribution in [0, 0.1) is 5.92 Å². The van der Waals surface area contributed by atoms with Crippen LogP contribution in [0.25, 0.3) is 0 Å². The molecule has 0 N–H and O–H groups in total. The molecule has 0 bridgehead atoms. The van der Waals surface area contributed by atoms with E-state index in [1.807, 2.05) is 0 Å². The molecule has 0 radical (unpaired) electrons. The van der Waals surface area contributed by atoms with Crippen LogP contribution in [0.5, 0.6) is 0 Å². The van der Waals surface area contributed by atoms with Gasteiger partial charge in [0.25, 0.3) is 0 Å². The molecule has 3 rings (SSSR count). The van der Waals surface area contributed by atoms with Crippen LogP contribution in [0.4, 0.5) is 8.78 Å². The fraction of sp³-hybridized carbons (Fsp3) is 0.800. The van der Waals surface area contributed by atoms with Crippen LogP contribution >= 0.6 is 0 Å². The smallest absolute Gasteiger partial charge is 0.340 e. The summed E-state index contributed by atoms with van der Waals surface area (Å²) in [4.78, 5) is 24.5. The number of halogens is 2. The maximum absolute atomic E-state index is 14.3. The summed E-state index contributed by atoms with van der Waals surface area (Å²) in [5.41, 5.74) is 2.68. The lowest BCUT2D eigenvalue weighted by Gasteiger charge is -2.29. The Kier molecular flexibility index (Phi) is 18.9. The summed E-state index contributed by atoms with van der Waals surface area (Å²) in [7, 11) is 0. The third kappa shape index (κ3) is 14.8. The molecule has 6 heteroatoms. The number of hydrogen-bond donors (Lipinski definition) is 0. The molecule has 2 fully saturated rings. The van der Waals surface area contributed by atoms with Gasteiger partial charge in [-0.1, -0.05) is 102 Å². The maximum Gasteiger partial charge on any atom is 0.340 e. The van der Waals surface area contributed by atoms with Crippen molar-refractivity contribution in [1.29, 1.82) is 0 Å². The van der Waals surface area contributed by atoms with Crippen molar-refractivity contribution in [2.45, 2.75) is 198 Å². The van der Waals surface area contributed by atoms with Crippen LogP contribution in [0.3, 0.4) is 0 Å². The van der Waals surface area contributed by atoms with Gasteiger partial charge in [0.2, 0.25) is 0 Å². The Morgan fingerprint density at radius 2 is 1.07 bits per heavy atom. The molecule has 2 atom stereocenters. The van der Waals surface area contributed by atoms with E-state index in [0.717, 1.165) is 103 Å². The molecular formula is C40H64F2O4. The number of alkyl halides is 2. The van der Waals surface area contributed by atoms with Crippen molar-refractivity contribution in [2.75, 3.05) is 0 Å². The molecule has 0 aromatic heterocycles. The highest BCUT2D eigenvalue weighted by molar-refractivity contribution is 5.75. The Morgan fingerprint density at radius 3 is 1.54 bits per heavy atom. The van der Waals surface area contributed by atoms with Crippen LogP contribution < -0.4 is 0 Å². The van der Waals surface area contributed by atoms with Crippen molar-refractivity contribution in [1.82, 2.24) is 0 Å². The van der Waals surface area contributed by atoms with Gasteiger partial charge in [-0.25, -0.2) is 18.4 Å². The zero-order valence-electron chi connectivity index (χ0n) is 29.1. The van der Waals surface area contributed by atoms with E-state index in [9.17, 15) is 18.4 Å². The second-order valence-electron chi connectivity index (χ2n) is 14.3. The first-order valence-electron chi connectivity index (χ1n) is 19.2. The molecule has 2 aliphatic carbocycles. The predicted octanol–water partition coefficient (Wildman–Crippen LogP) is 11.5. The van der Waals surface area contributed by atoms with Crippen LogP contribution in [0.1, 0.15) is 179 Å². The first kappa shape index (κ1) is 38.5. The van der Waals surface area contributed by atoms with Gasteiger partial charge in [-0.15, -0.1) is 0 Å². The summed E-state index contributed by atoms with van der Waals surface area (Å²) in [5, 5.41) is 0. The average Bonchev–Trinajstić information content (AvgIpc) is 3.08. The second-order valence-corrected chi connectivity index (χ2v) is 14.3. The van der Waals surface area contributed by atoms with Gasteiger partial charge in [0, 0.05) is 0 Å². The van der Waals surface area contributed by atoms with Crippen LogP contribution in [0.15, 0.2) is 24.3 Å². The van der Waals surface area contributed by atoms with Crippen molar-refractivity contribution >= 4 is 11.9 Å². The van der Waals surface area contributed by atoms with Crippen molar-refractivity contribution in [3.63, 3.8) is 0 Å². The number of unbranched alkanes of at least 4 members (excludes halogenated alkanes) is 10. The predicted molar refractivity (Wildman–Crippen MR) is 183 cm³/mol. The number of hydrogen-bond acceptors (Lipinski definition) is 4. The highest BCUT2D eigenvalue weighted by Gasteiger charge is 2.29. The second kappa shape index (κ2) is 22.6. The lowest BCUT2D eigenvalue weighted by Crippen LogP contribution is -2.29. The minimum atomic E-state index is -1.49. The van der Waals surface area contributed by atoms with E-state index < -0.39 is 24.3 Å². The van der Waals surface area contributed by atoms with E-state index in [1.165, 1.54) is 49.7 Å². The third-order valence-corrected chi connectivity index (χ3v) is 10.5. The van der Waals surface area contributed by atoms with E-state index in [2.05, 4.69) is 38.1 Å². The third-order valence-electron chi connectivity index (χ3n) is 10.5. The fourth-order valence-electron chi connectivity index (χ4n) is 7.30. The lowest BCUT2D eigenvalue weighted by molar-refractivity contribution is -0.158. The molecule has 262 valence electrons.